The molecule has 3 rings (SSSR count). The third-order valence-electron chi connectivity index (χ3n) is 3.78. The van der Waals surface area contributed by atoms with E-state index in [2.05, 4.69) is 10.3 Å². The number of aryl methyl sites for hydroxylation is 1. The van der Waals surface area contributed by atoms with Crippen LogP contribution < -0.4 is 5.32 Å². The van der Waals surface area contributed by atoms with Crippen LogP contribution in [-0.2, 0) is 0 Å². The number of para-hydroxylation sites is 1. The maximum Gasteiger partial charge on any atom is 0.295 e. The summed E-state index contributed by atoms with van der Waals surface area (Å²) >= 11 is 0. The van der Waals surface area contributed by atoms with Gasteiger partial charge in [-0.15, -0.1) is 0 Å². The molecular weight excluding hydrogens is 310 g/mol. The number of nitrogens with zero attached hydrogens (tertiary/aromatic N) is 2. The van der Waals surface area contributed by atoms with Gasteiger partial charge in [0.2, 0.25) is 0 Å². The van der Waals surface area contributed by atoms with Crippen molar-refractivity contribution in [3.63, 3.8) is 0 Å². The summed E-state index contributed by atoms with van der Waals surface area (Å²) in [6, 6.07) is 10.1. The Morgan fingerprint density at radius 3 is 2.88 bits per heavy atom. The lowest BCUT2D eigenvalue weighted by Gasteiger charge is -2.18. The van der Waals surface area contributed by atoms with Gasteiger partial charge in [0, 0.05) is 29.4 Å². The van der Waals surface area contributed by atoms with Gasteiger partial charge in [-0.2, -0.15) is 0 Å². The van der Waals surface area contributed by atoms with Crippen LogP contribution in [0.1, 0.15) is 23.9 Å². The van der Waals surface area contributed by atoms with E-state index in [9.17, 15) is 15.2 Å². The van der Waals surface area contributed by atoms with Gasteiger partial charge < -0.3 is 14.8 Å². The summed E-state index contributed by atoms with van der Waals surface area (Å²) in [4.78, 5) is 15.1. The minimum Gasteiger partial charge on any atom is -0.467 e. The summed E-state index contributed by atoms with van der Waals surface area (Å²) in [6.07, 6.45) is 2.02. The van der Waals surface area contributed by atoms with E-state index in [0.717, 1.165) is 5.69 Å². The zero-order chi connectivity index (χ0) is 17.1. The number of fused-ring (bicyclic) bond motifs is 1. The molecule has 0 amide bonds. The maximum atomic E-state index is 11.2. The monoisotopic (exact) mass is 327 g/mol. The summed E-state index contributed by atoms with van der Waals surface area (Å²) in [7, 11) is 0. The molecule has 0 aliphatic carbocycles. The normalized spacial score (nSPS) is 12.2. The number of nitrogens with one attached hydrogen (secondary N) is 1. The first-order valence-electron chi connectivity index (χ1n) is 7.55. The highest BCUT2D eigenvalue weighted by atomic mass is 16.6. The molecule has 2 N–H and O–H groups in total. The second-order valence-electron chi connectivity index (χ2n) is 5.47. The van der Waals surface area contributed by atoms with Crippen LogP contribution in [0.2, 0.25) is 0 Å². The molecule has 2 aromatic heterocycles. The van der Waals surface area contributed by atoms with E-state index in [1.54, 1.807) is 31.4 Å². The molecule has 3 aromatic rings. The van der Waals surface area contributed by atoms with Crippen molar-refractivity contribution < 1.29 is 14.4 Å². The minimum absolute atomic E-state index is 0.0134. The number of benzene rings is 1. The first kappa shape index (κ1) is 15.9. The molecule has 0 fully saturated rings. The third-order valence-corrected chi connectivity index (χ3v) is 3.78. The zero-order valence-corrected chi connectivity index (χ0v) is 13.1. The van der Waals surface area contributed by atoms with Crippen LogP contribution in [-0.4, -0.2) is 21.6 Å². The number of aliphatic hydroxyl groups excluding tert-OH is 1. The van der Waals surface area contributed by atoms with Gasteiger partial charge in [-0.05, 0) is 31.5 Å². The van der Waals surface area contributed by atoms with Crippen LogP contribution in [0.3, 0.4) is 0 Å². The molecule has 24 heavy (non-hydrogen) atoms. The van der Waals surface area contributed by atoms with E-state index in [-0.39, 0.29) is 18.3 Å². The predicted molar refractivity (Wildman–Crippen MR) is 89.9 cm³/mol. The van der Waals surface area contributed by atoms with Crippen molar-refractivity contribution in [2.45, 2.75) is 19.4 Å². The van der Waals surface area contributed by atoms with Crippen molar-refractivity contribution in [1.29, 1.82) is 0 Å². The molecule has 0 spiro atoms. The number of non-ortho nitro benzene ring substituents is 1. The van der Waals surface area contributed by atoms with Gasteiger partial charge in [0.25, 0.3) is 5.69 Å². The summed E-state index contributed by atoms with van der Waals surface area (Å²) in [6.45, 7) is 1.77. The number of aliphatic hydroxyl groups is 1. The molecule has 2 heterocycles. The van der Waals surface area contributed by atoms with Gasteiger partial charge in [0.1, 0.15) is 5.76 Å². The van der Waals surface area contributed by atoms with Crippen LogP contribution in [0.5, 0.6) is 0 Å². The Balaban J connectivity index is 2.08. The molecule has 0 radical (unpaired) electrons. The molecule has 1 unspecified atom stereocenters. The van der Waals surface area contributed by atoms with E-state index in [4.69, 9.17) is 4.42 Å². The van der Waals surface area contributed by atoms with Crippen LogP contribution in [0.4, 0.5) is 11.4 Å². The number of nitro benzene ring substituents is 1. The number of furan rings is 1. The fraction of sp³-hybridized carbons (Fsp3) is 0.235. The number of aromatic nitrogens is 1. The van der Waals surface area contributed by atoms with Gasteiger partial charge in [0.15, 0.2) is 5.52 Å². The number of anilines is 1. The molecule has 0 aliphatic heterocycles. The Hall–Kier alpha value is -2.93. The molecule has 1 aromatic carbocycles. The zero-order valence-electron chi connectivity index (χ0n) is 13.1. The topological polar surface area (TPSA) is 101 Å². The molecule has 124 valence electrons. The highest BCUT2D eigenvalue weighted by Gasteiger charge is 2.19. The second kappa shape index (κ2) is 6.67. The van der Waals surface area contributed by atoms with Crippen molar-refractivity contribution in [2.75, 3.05) is 11.9 Å². The number of hydrogen-bond acceptors (Lipinski definition) is 6. The van der Waals surface area contributed by atoms with E-state index in [1.807, 2.05) is 12.1 Å². The minimum atomic E-state index is -0.434. The van der Waals surface area contributed by atoms with E-state index in [0.29, 0.717) is 28.8 Å². The summed E-state index contributed by atoms with van der Waals surface area (Å²) in [5.74, 6) is 0.692. The van der Waals surface area contributed by atoms with Crippen molar-refractivity contribution >= 4 is 22.3 Å². The van der Waals surface area contributed by atoms with Crippen LogP contribution >= 0.6 is 0 Å². The molecule has 7 heteroatoms. The molecule has 1 atom stereocenters. The van der Waals surface area contributed by atoms with Crippen molar-refractivity contribution in [1.82, 2.24) is 4.98 Å². The summed E-state index contributed by atoms with van der Waals surface area (Å²) in [5, 5.41) is 24.5. The Kier molecular flexibility index (Phi) is 4.43. The average molecular weight is 327 g/mol. The molecule has 0 saturated carbocycles. The van der Waals surface area contributed by atoms with E-state index in [1.165, 1.54) is 6.07 Å². The van der Waals surface area contributed by atoms with Gasteiger partial charge in [0.05, 0.1) is 17.2 Å². The van der Waals surface area contributed by atoms with Crippen LogP contribution in [0.15, 0.2) is 47.1 Å². The maximum absolute atomic E-state index is 11.2. The quantitative estimate of drug-likeness (QED) is 0.530. The molecule has 0 saturated heterocycles. The van der Waals surface area contributed by atoms with Crippen LogP contribution in [0, 0.1) is 17.0 Å². The lowest BCUT2D eigenvalue weighted by atomic mass is 10.1. The lowest BCUT2D eigenvalue weighted by Crippen LogP contribution is -2.12. The number of nitro groups is 1. The summed E-state index contributed by atoms with van der Waals surface area (Å²) in [5.41, 5.74) is 1.70. The Morgan fingerprint density at radius 2 is 2.21 bits per heavy atom. The van der Waals surface area contributed by atoms with E-state index >= 15 is 0 Å². The third kappa shape index (κ3) is 3.07. The standard InChI is InChI=1S/C17H17N3O4/c1-11-10-14(19-13(7-8-21)16-6-3-9-24-16)12-4-2-5-15(20(22)23)17(12)18-11/h2-6,9-10,13,21H,7-8H2,1H3,(H,18,19). The molecule has 0 aliphatic rings. The van der Waals surface area contributed by atoms with Gasteiger partial charge in [-0.1, -0.05) is 12.1 Å². The van der Waals surface area contributed by atoms with Crippen molar-refractivity contribution in [3.05, 3.63) is 64.2 Å². The smallest absolute Gasteiger partial charge is 0.295 e. The number of rotatable bonds is 6. The van der Waals surface area contributed by atoms with Gasteiger partial charge >= 0.3 is 0 Å². The van der Waals surface area contributed by atoms with Crippen molar-refractivity contribution in [2.24, 2.45) is 0 Å². The molecule has 0 bridgehead atoms. The van der Waals surface area contributed by atoms with Crippen molar-refractivity contribution in [3.8, 4) is 0 Å². The summed E-state index contributed by atoms with van der Waals surface area (Å²) < 4.78 is 5.43. The van der Waals surface area contributed by atoms with Crippen LogP contribution in [0.25, 0.3) is 10.9 Å². The van der Waals surface area contributed by atoms with E-state index < -0.39 is 4.92 Å². The highest BCUT2D eigenvalue weighted by molar-refractivity contribution is 5.96. The predicted octanol–water partition coefficient (Wildman–Crippen LogP) is 3.58. The Bertz CT molecular complexity index is 862. The molecule has 7 nitrogen and oxygen atoms in total. The largest absolute Gasteiger partial charge is 0.467 e. The average Bonchev–Trinajstić information content (AvgIpc) is 3.08. The molecular formula is C17H17N3O4. The lowest BCUT2D eigenvalue weighted by molar-refractivity contribution is -0.383. The van der Waals surface area contributed by atoms with Gasteiger partial charge in [-0.25, -0.2) is 4.98 Å². The second-order valence-corrected chi connectivity index (χ2v) is 5.47. The first-order chi connectivity index (χ1) is 11.6. The SMILES string of the molecule is Cc1cc(NC(CCO)c2ccco2)c2cccc([N+](=O)[O-])c2n1. The number of hydrogen-bond donors (Lipinski definition) is 2. The van der Waals surface area contributed by atoms with Gasteiger partial charge in [-0.3, -0.25) is 10.1 Å². The number of pyridine rings is 1. The fourth-order valence-corrected chi connectivity index (χ4v) is 2.72. The highest BCUT2D eigenvalue weighted by Crippen LogP contribution is 2.32. The Morgan fingerprint density at radius 1 is 1.38 bits per heavy atom. The fourth-order valence-electron chi connectivity index (χ4n) is 2.72. The Labute approximate surface area is 138 Å². The first-order valence-corrected chi connectivity index (χ1v) is 7.55.